The number of ether oxygens (including phenoxy) is 1. The number of hydrogen-bond acceptors (Lipinski definition) is 5. The summed E-state index contributed by atoms with van der Waals surface area (Å²) >= 11 is 0. The van der Waals surface area contributed by atoms with Crippen LogP contribution in [-0.4, -0.2) is 32.5 Å². The van der Waals surface area contributed by atoms with E-state index < -0.39 is 35.7 Å². The molecule has 0 radical (unpaired) electrons. The SMILES string of the molecule is CCc1cn([C@@H]2O[C@H]([C@H](C)O)[C@@H](C)[C@]2(C)F)c(=O)nc1N. The first-order chi connectivity index (χ1) is 9.70. The van der Waals surface area contributed by atoms with Crippen molar-refractivity contribution in [2.75, 3.05) is 5.73 Å². The van der Waals surface area contributed by atoms with Crippen LogP contribution in [0.15, 0.2) is 11.0 Å². The highest BCUT2D eigenvalue weighted by Gasteiger charge is 2.54. The predicted octanol–water partition coefficient (Wildman–Crippen LogP) is 1.03. The van der Waals surface area contributed by atoms with Crippen molar-refractivity contribution < 1.29 is 14.2 Å². The summed E-state index contributed by atoms with van der Waals surface area (Å²) in [7, 11) is 0. The van der Waals surface area contributed by atoms with Gasteiger partial charge in [-0.05, 0) is 20.3 Å². The molecule has 1 aromatic rings. The lowest BCUT2D eigenvalue weighted by molar-refractivity contribution is -0.0798. The lowest BCUT2D eigenvalue weighted by Crippen LogP contribution is -2.39. The molecule has 0 aliphatic carbocycles. The Hall–Kier alpha value is -1.47. The van der Waals surface area contributed by atoms with Crippen molar-refractivity contribution in [1.82, 2.24) is 9.55 Å². The predicted molar refractivity (Wildman–Crippen MR) is 76.6 cm³/mol. The van der Waals surface area contributed by atoms with Crippen LogP contribution in [0.25, 0.3) is 0 Å². The Morgan fingerprint density at radius 1 is 1.67 bits per heavy atom. The van der Waals surface area contributed by atoms with Gasteiger partial charge in [0.2, 0.25) is 0 Å². The maximum atomic E-state index is 15.0. The molecule has 2 heterocycles. The minimum atomic E-state index is -1.80. The maximum absolute atomic E-state index is 15.0. The van der Waals surface area contributed by atoms with Gasteiger partial charge in [0.15, 0.2) is 11.9 Å². The van der Waals surface area contributed by atoms with Gasteiger partial charge in [-0.15, -0.1) is 0 Å². The quantitative estimate of drug-likeness (QED) is 0.870. The van der Waals surface area contributed by atoms with E-state index in [0.717, 1.165) is 4.57 Å². The molecule has 2 rings (SSSR count). The molecule has 1 aliphatic rings. The number of aryl methyl sites for hydroxylation is 1. The Bertz CT molecular complexity index is 585. The Morgan fingerprint density at radius 3 is 2.76 bits per heavy atom. The number of aliphatic hydroxyl groups is 1. The first-order valence-corrected chi connectivity index (χ1v) is 7.10. The van der Waals surface area contributed by atoms with E-state index >= 15 is 4.39 Å². The lowest BCUT2D eigenvalue weighted by atomic mass is 9.88. The van der Waals surface area contributed by atoms with E-state index in [-0.39, 0.29) is 5.82 Å². The molecule has 1 aromatic heterocycles. The molecule has 3 N–H and O–H groups in total. The molecule has 5 atom stereocenters. The highest BCUT2D eigenvalue weighted by Crippen LogP contribution is 2.45. The minimum Gasteiger partial charge on any atom is -0.391 e. The van der Waals surface area contributed by atoms with Gasteiger partial charge in [-0.3, -0.25) is 4.57 Å². The molecule has 0 saturated carbocycles. The summed E-state index contributed by atoms with van der Waals surface area (Å²) < 4.78 is 21.8. The van der Waals surface area contributed by atoms with Crippen LogP contribution in [0.3, 0.4) is 0 Å². The first kappa shape index (κ1) is 15.9. The maximum Gasteiger partial charge on any atom is 0.351 e. The minimum absolute atomic E-state index is 0.150. The highest BCUT2D eigenvalue weighted by atomic mass is 19.1. The Kier molecular flexibility index (Phi) is 4.08. The second-order valence-corrected chi connectivity index (χ2v) is 5.83. The standard InChI is InChI=1S/C14H22FN3O3/c1-5-9-6-18(13(20)17-11(9)16)12-14(4,15)7(2)10(21-12)8(3)19/h6-8,10,12,19H,5H2,1-4H3,(H2,16,17,20)/t7-,8+,10+,12-,14+/m1/s1. The van der Waals surface area contributed by atoms with Crippen molar-refractivity contribution >= 4 is 5.82 Å². The molecule has 118 valence electrons. The average Bonchev–Trinajstić information content (AvgIpc) is 2.62. The summed E-state index contributed by atoms with van der Waals surface area (Å²) in [6.07, 6.45) is -0.574. The summed E-state index contributed by atoms with van der Waals surface area (Å²) in [6.45, 7) is 6.45. The van der Waals surface area contributed by atoms with Gasteiger partial charge in [-0.1, -0.05) is 13.8 Å². The first-order valence-electron chi connectivity index (χ1n) is 7.10. The van der Waals surface area contributed by atoms with Crippen molar-refractivity contribution in [2.45, 2.75) is 58.2 Å². The Balaban J connectivity index is 2.49. The third-order valence-electron chi connectivity index (χ3n) is 4.32. The van der Waals surface area contributed by atoms with Gasteiger partial charge >= 0.3 is 5.69 Å². The van der Waals surface area contributed by atoms with E-state index in [1.54, 1.807) is 13.8 Å². The van der Waals surface area contributed by atoms with Crippen molar-refractivity contribution in [3.8, 4) is 0 Å². The third-order valence-corrected chi connectivity index (χ3v) is 4.32. The number of aliphatic hydroxyl groups excluding tert-OH is 1. The number of alkyl halides is 1. The van der Waals surface area contributed by atoms with Crippen LogP contribution >= 0.6 is 0 Å². The van der Waals surface area contributed by atoms with Gasteiger partial charge in [0.1, 0.15) is 5.82 Å². The average molecular weight is 299 g/mol. The monoisotopic (exact) mass is 299 g/mol. The fraction of sp³-hybridized carbons (Fsp3) is 0.714. The van der Waals surface area contributed by atoms with Gasteiger partial charge in [0, 0.05) is 17.7 Å². The van der Waals surface area contributed by atoms with E-state index in [0.29, 0.717) is 12.0 Å². The van der Waals surface area contributed by atoms with Gasteiger partial charge in [0.25, 0.3) is 0 Å². The zero-order valence-corrected chi connectivity index (χ0v) is 12.7. The summed E-state index contributed by atoms with van der Waals surface area (Å²) in [6, 6.07) is 0. The number of anilines is 1. The fourth-order valence-corrected chi connectivity index (χ4v) is 2.78. The van der Waals surface area contributed by atoms with E-state index in [4.69, 9.17) is 10.5 Å². The molecule has 21 heavy (non-hydrogen) atoms. The summed E-state index contributed by atoms with van der Waals surface area (Å²) in [4.78, 5) is 15.8. The fourth-order valence-electron chi connectivity index (χ4n) is 2.78. The molecule has 1 fully saturated rings. The van der Waals surface area contributed by atoms with Crippen molar-refractivity contribution in [1.29, 1.82) is 0 Å². The summed E-state index contributed by atoms with van der Waals surface area (Å²) in [5.41, 5.74) is 3.87. The van der Waals surface area contributed by atoms with Crippen LogP contribution in [0.2, 0.25) is 0 Å². The molecular weight excluding hydrogens is 277 g/mol. The van der Waals surface area contributed by atoms with Crippen LogP contribution in [0.1, 0.15) is 39.5 Å². The molecule has 0 amide bonds. The van der Waals surface area contributed by atoms with Gasteiger partial charge in [-0.2, -0.15) is 4.98 Å². The van der Waals surface area contributed by atoms with Crippen LogP contribution in [0.4, 0.5) is 10.2 Å². The van der Waals surface area contributed by atoms with Crippen LogP contribution in [-0.2, 0) is 11.2 Å². The summed E-state index contributed by atoms with van der Waals surface area (Å²) in [5, 5.41) is 9.72. The molecule has 0 unspecified atom stereocenters. The number of hydrogen-bond donors (Lipinski definition) is 2. The molecule has 1 aliphatic heterocycles. The number of halogens is 1. The Morgan fingerprint density at radius 2 is 2.29 bits per heavy atom. The molecular formula is C14H22FN3O3. The molecule has 0 spiro atoms. The van der Waals surface area contributed by atoms with Crippen LogP contribution in [0, 0.1) is 5.92 Å². The van der Waals surface area contributed by atoms with Gasteiger partial charge in [0.05, 0.1) is 12.2 Å². The second kappa shape index (κ2) is 5.38. The van der Waals surface area contributed by atoms with E-state index in [2.05, 4.69) is 4.98 Å². The normalized spacial score (nSPS) is 34.1. The number of aromatic nitrogens is 2. The zero-order valence-electron chi connectivity index (χ0n) is 12.7. The smallest absolute Gasteiger partial charge is 0.351 e. The van der Waals surface area contributed by atoms with E-state index in [1.165, 1.54) is 13.1 Å². The van der Waals surface area contributed by atoms with Crippen LogP contribution < -0.4 is 11.4 Å². The van der Waals surface area contributed by atoms with Crippen molar-refractivity contribution in [3.63, 3.8) is 0 Å². The molecule has 7 heteroatoms. The number of nitrogen functional groups attached to an aromatic ring is 1. The number of rotatable bonds is 3. The van der Waals surface area contributed by atoms with Gasteiger partial charge in [-0.25, -0.2) is 9.18 Å². The van der Waals surface area contributed by atoms with Crippen LogP contribution in [0.5, 0.6) is 0 Å². The molecule has 0 bridgehead atoms. The van der Waals surface area contributed by atoms with E-state index in [1.807, 2.05) is 6.92 Å². The van der Waals surface area contributed by atoms with Crippen molar-refractivity contribution in [3.05, 3.63) is 22.2 Å². The number of nitrogens with zero attached hydrogens (tertiary/aromatic N) is 2. The molecule has 1 saturated heterocycles. The second-order valence-electron chi connectivity index (χ2n) is 5.83. The zero-order chi connectivity index (χ0) is 15.9. The largest absolute Gasteiger partial charge is 0.391 e. The lowest BCUT2D eigenvalue weighted by Gasteiger charge is -2.26. The summed E-state index contributed by atoms with van der Waals surface area (Å²) in [5.74, 6) is -0.408. The Labute approximate surface area is 122 Å². The van der Waals surface area contributed by atoms with Gasteiger partial charge < -0.3 is 15.6 Å². The topological polar surface area (TPSA) is 90.4 Å². The molecule has 0 aromatic carbocycles. The van der Waals surface area contributed by atoms with Crippen molar-refractivity contribution in [2.24, 2.45) is 5.92 Å². The highest BCUT2D eigenvalue weighted by molar-refractivity contribution is 5.36. The molecule has 6 nitrogen and oxygen atoms in total. The third kappa shape index (κ3) is 2.55. The van der Waals surface area contributed by atoms with E-state index in [9.17, 15) is 9.90 Å². The number of nitrogens with two attached hydrogens (primary N) is 1.